The van der Waals surface area contributed by atoms with Crippen LogP contribution < -0.4 is 16.0 Å². The Labute approximate surface area is 233 Å². The molecule has 1 aromatic heterocycles. The SMILES string of the molecule is CC1(Nc2cc(C(F)(F)F)cnc2C(=N)OC(=N)N[C@H]2N=C(c3ccccc3)c3ccccc3NC2=O)CCOC1. The number of rotatable bonds is 5. The summed E-state index contributed by atoms with van der Waals surface area (Å²) in [6.45, 7) is 2.45. The van der Waals surface area contributed by atoms with Gasteiger partial charge in [-0.1, -0.05) is 48.5 Å². The van der Waals surface area contributed by atoms with E-state index in [2.05, 4.69) is 25.9 Å². The Morgan fingerprint density at radius 3 is 2.59 bits per heavy atom. The Morgan fingerprint density at radius 1 is 1.15 bits per heavy atom. The van der Waals surface area contributed by atoms with Crippen molar-refractivity contribution in [1.29, 1.82) is 10.8 Å². The first-order valence-electron chi connectivity index (χ1n) is 12.6. The van der Waals surface area contributed by atoms with Gasteiger partial charge in [-0.2, -0.15) is 13.2 Å². The number of hydrogen-bond donors (Lipinski definition) is 5. The van der Waals surface area contributed by atoms with E-state index in [1.807, 2.05) is 42.5 Å². The van der Waals surface area contributed by atoms with Crippen molar-refractivity contribution in [2.75, 3.05) is 23.8 Å². The summed E-state index contributed by atoms with van der Waals surface area (Å²) in [5, 5.41) is 25.0. The molecule has 1 saturated heterocycles. The number of aliphatic imine (C=N–C) groups is 1. The molecule has 212 valence electrons. The number of aromatic nitrogens is 1. The fourth-order valence-corrected chi connectivity index (χ4v) is 4.47. The van der Waals surface area contributed by atoms with Gasteiger partial charge >= 0.3 is 6.18 Å². The molecule has 2 aliphatic heterocycles. The molecule has 41 heavy (non-hydrogen) atoms. The highest BCUT2D eigenvalue weighted by atomic mass is 19.4. The van der Waals surface area contributed by atoms with E-state index < -0.39 is 41.3 Å². The van der Waals surface area contributed by atoms with Gasteiger partial charge in [-0.3, -0.25) is 15.6 Å². The van der Waals surface area contributed by atoms with Crippen molar-refractivity contribution in [2.24, 2.45) is 4.99 Å². The number of nitrogens with zero attached hydrogens (tertiary/aromatic N) is 2. The summed E-state index contributed by atoms with van der Waals surface area (Å²) < 4.78 is 51.0. The molecule has 0 aliphatic carbocycles. The van der Waals surface area contributed by atoms with Crippen molar-refractivity contribution in [3.8, 4) is 0 Å². The maximum absolute atomic E-state index is 13.4. The monoisotopic (exact) mass is 565 g/mol. The van der Waals surface area contributed by atoms with Crippen LogP contribution in [0.5, 0.6) is 0 Å². The number of nitrogens with one attached hydrogen (secondary N) is 5. The van der Waals surface area contributed by atoms with Gasteiger partial charge in [0.25, 0.3) is 11.9 Å². The lowest BCUT2D eigenvalue weighted by Gasteiger charge is -2.26. The number of fused-ring (bicyclic) bond motifs is 1. The van der Waals surface area contributed by atoms with E-state index in [1.54, 1.807) is 19.1 Å². The van der Waals surface area contributed by atoms with Crippen LogP contribution in [0.15, 0.2) is 71.9 Å². The van der Waals surface area contributed by atoms with Gasteiger partial charge in [0.2, 0.25) is 12.1 Å². The van der Waals surface area contributed by atoms with Crippen molar-refractivity contribution >= 4 is 34.9 Å². The average Bonchev–Trinajstić information content (AvgIpc) is 3.31. The van der Waals surface area contributed by atoms with Gasteiger partial charge in [-0.05, 0) is 25.5 Å². The molecule has 2 atom stereocenters. The summed E-state index contributed by atoms with van der Waals surface area (Å²) in [6.07, 6.45) is -4.86. The molecule has 0 radical (unpaired) electrons. The molecule has 5 rings (SSSR count). The Morgan fingerprint density at radius 2 is 1.88 bits per heavy atom. The summed E-state index contributed by atoms with van der Waals surface area (Å²) in [6, 6.07) is 16.4. The second-order valence-corrected chi connectivity index (χ2v) is 9.79. The second kappa shape index (κ2) is 11.0. The number of pyridine rings is 1. The summed E-state index contributed by atoms with van der Waals surface area (Å²) in [4.78, 5) is 21.4. The normalized spacial score (nSPS) is 20.2. The molecule has 5 N–H and O–H groups in total. The van der Waals surface area contributed by atoms with Crippen LogP contribution in [0.3, 0.4) is 0 Å². The minimum absolute atomic E-state index is 0.0994. The van der Waals surface area contributed by atoms with Gasteiger partial charge in [-0.25, -0.2) is 9.98 Å². The number of amides is 1. The molecule has 0 spiro atoms. The highest BCUT2D eigenvalue weighted by molar-refractivity contribution is 6.19. The van der Waals surface area contributed by atoms with E-state index in [1.165, 1.54) is 0 Å². The van der Waals surface area contributed by atoms with E-state index in [-0.39, 0.29) is 18.0 Å². The molecule has 0 saturated carbocycles. The lowest BCUT2D eigenvalue weighted by molar-refractivity contribution is -0.137. The number of benzene rings is 2. The molecular formula is C28H26F3N7O3. The Bertz CT molecular complexity index is 1520. The Balaban J connectivity index is 1.39. The Hall–Kier alpha value is -4.78. The van der Waals surface area contributed by atoms with E-state index in [4.69, 9.17) is 20.3 Å². The number of amidine groups is 1. The van der Waals surface area contributed by atoms with Gasteiger partial charge in [0.05, 0.1) is 34.8 Å². The quantitative estimate of drug-likeness (QED) is 0.230. The maximum Gasteiger partial charge on any atom is 0.417 e. The third kappa shape index (κ3) is 6.19. The van der Waals surface area contributed by atoms with Crippen molar-refractivity contribution in [2.45, 2.75) is 31.2 Å². The summed E-state index contributed by atoms with van der Waals surface area (Å²) in [5.74, 6) is -1.28. The van der Waals surface area contributed by atoms with E-state index in [9.17, 15) is 18.0 Å². The molecule has 13 heteroatoms. The maximum atomic E-state index is 13.4. The minimum atomic E-state index is -4.66. The molecule has 10 nitrogen and oxygen atoms in total. The van der Waals surface area contributed by atoms with Gasteiger partial charge in [0.15, 0.2) is 0 Å². The molecule has 0 bridgehead atoms. The molecule has 1 unspecified atom stereocenters. The van der Waals surface area contributed by atoms with Crippen LogP contribution >= 0.6 is 0 Å². The summed E-state index contributed by atoms with van der Waals surface area (Å²) in [7, 11) is 0. The number of benzodiazepines with no additional fused rings is 1. The lowest BCUT2D eigenvalue weighted by Crippen LogP contribution is -2.43. The number of carbonyl (C=O) groups is 1. The summed E-state index contributed by atoms with van der Waals surface area (Å²) in [5.41, 5.74) is 0.374. The third-order valence-corrected chi connectivity index (χ3v) is 6.55. The molecule has 3 aromatic rings. The van der Waals surface area contributed by atoms with Gasteiger partial charge < -0.3 is 25.4 Å². The first kappa shape index (κ1) is 27.8. The first-order valence-corrected chi connectivity index (χ1v) is 12.6. The van der Waals surface area contributed by atoms with Gasteiger partial charge in [-0.15, -0.1) is 0 Å². The minimum Gasteiger partial charge on any atom is -0.405 e. The number of ether oxygens (including phenoxy) is 2. The van der Waals surface area contributed by atoms with E-state index in [0.717, 1.165) is 11.6 Å². The van der Waals surface area contributed by atoms with Crippen LogP contribution in [0, 0.1) is 10.8 Å². The first-order chi connectivity index (χ1) is 19.5. The van der Waals surface area contributed by atoms with E-state index >= 15 is 0 Å². The van der Waals surface area contributed by atoms with Gasteiger partial charge in [0, 0.05) is 23.9 Å². The van der Waals surface area contributed by atoms with Crippen molar-refractivity contribution in [3.63, 3.8) is 0 Å². The van der Waals surface area contributed by atoms with Crippen molar-refractivity contribution in [3.05, 3.63) is 89.2 Å². The fourth-order valence-electron chi connectivity index (χ4n) is 4.47. The second-order valence-electron chi connectivity index (χ2n) is 9.79. The van der Waals surface area contributed by atoms with Crippen LogP contribution in [0.2, 0.25) is 0 Å². The topological polar surface area (TPSA) is 145 Å². The molecule has 1 amide bonds. The van der Waals surface area contributed by atoms with Crippen LogP contribution in [0.25, 0.3) is 0 Å². The molecule has 2 aliphatic rings. The molecule has 1 fully saturated rings. The zero-order chi connectivity index (χ0) is 29.2. The number of halogens is 3. The van der Waals surface area contributed by atoms with Crippen LogP contribution in [-0.2, 0) is 20.4 Å². The predicted molar refractivity (Wildman–Crippen MR) is 146 cm³/mol. The molecule has 3 heterocycles. The highest BCUT2D eigenvalue weighted by Crippen LogP contribution is 2.33. The average molecular weight is 566 g/mol. The zero-order valence-corrected chi connectivity index (χ0v) is 21.8. The number of hydrogen-bond acceptors (Lipinski definition) is 8. The van der Waals surface area contributed by atoms with E-state index in [0.29, 0.717) is 36.2 Å². The molecular weight excluding hydrogens is 539 g/mol. The van der Waals surface area contributed by atoms with Gasteiger partial charge in [0.1, 0.15) is 5.69 Å². The zero-order valence-electron chi connectivity index (χ0n) is 21.8. The van der Waals surface area contributed by atoms with Crippen molar-refractivity contribution in [1.82, 2.24) is 10.3 Å². The number of anilines is 2. The lowest BCUT2D eigenvalue weighted by atomic mass is 10.0. The number of para-hydroxylation sites is 1. The summed E-state index contributed by atoms with van der Waals surface area (Å²) >= 11 is 0. The fraction of sp³-hybridized carbons (Fsp3) is 0.250. The van der Waals surface area contributed by atoms with Crippen LogP contribution in [-0.4, -0.2) is 53.4 Å². The smallest absolute Gasteiger partial charge is 0.405 e. The highest BCUT2D eigenvalue weighted by Gasteiger charge is 2.35. The van der Waals surface area contributed by atoms with Crippen LogP contribution in [0.1, 0.15) is 35.7 Å². The number of alkyl halides is 3. The Kier molecular flexibility index (Phi) is 7.45. The van der Waals surface area contributed by atoms with Crippen molar-refractivity contribution < 1.29 is 27.4 Å². The largest absolute Gasteiger partial charge is 0.417 e. The number of carbonyl (C=O) groups excluding carboxylic acids is 1. The standard InChI is InChI=1S/C28H26F3N7O3/c1-27(11-12-40-15-27)38-20-13-17(28(29,30)31)14-34-22(20)23(32)41-26(33)37-24-25(39)35-19-10-6-5-9-18(19)21(36-24)16-7-3-2-4-8-16/h2-10,13-14,24,32,38H,11-12,15H2,1H3,(H2,33,37)(H,35,39)/t24-,27?/m1/s1. The predicted octanol–water partition coefficient (Wildman–Crippen LogP) is 4.37. The third-order valence-electron chi connectivity index (χ3n) is 6.55. The van der Waals surface area contributed by atoms with Crippen LogP contribution in [0.4, 0.5) is 24.5 Å². The molecule has 2 aromatic carbocycles.